The van der Waals surface area contributed by atoms with Crippen LogP contribution in [0.15, 0.2) is 11.5 Å². The van der Waals surface area contributed by atoms with Crippen molar-refractivity contribution in [1.82, 2.24) is 19.9 Å². The molecule has 1 aromatic heterocycles. The van der Waals surface area contributed by atoms with Crippen molar-refractivity contribution >= 4 is 16.0 Å². The highest BCUT2D eigenvalue weighted by Crippen LogP contribution is 2.29. The Labute approximate surface area is 110 Å². The zero-order valence-electron chi connectivity index (χ0n) is 10.2. The Morgan fingerprint density at radius 2 is 2.21 bits per heavy atom. The minimum absolute atomic E-state index is 0.0637. The van der Waals surface area contributed by atoms with Crippen molar-refractivity contribution in [2.24, 2.45) is 5.92 Å². The number of aromatic nitrogens is 3. The molecule has 1 fully saturated rings. The average molecular weight is 288 g/mol. The van der Waals surface area contributed by atoms with Gasteiger partial charge in [0.2, 0.25) is 0 Å². The summed E-state index contributed by atoms with van der Waals surface area (Å²) >= 11 is 0. The Bertz CT molecular complexity index is 522. The van der Waals surface area contributed by atoms with Gasteiger partial charge in [0, 0.05) is 6.04 Å². The Balaban J connectivity index is 2.13. The van der Waals surface area contributed by atoms with Crippen LogP contribution in [0.1, 0.15) is 32.1 Å². The summed E-state index contributed by atoms with van der Waals surface area (Å²) in [6.07, 6.45) is 4.57. The zero-order chi connectivity index (χ0) is 13.9. The second kappa shape index (κ2) is 5.66. The van der Waals surface area contributed by atoms with Gasteiger partial charge in [-0.3, -0.25) is 4.79 Å². The van der Waals surface area contributed by atoms with Gasteiger partial charge in [-0.25, -0.2) is 23.2 Å². The summed E-state index contributed by atoms with van der Waals surface area (Å²) in [6, 6.07) is -0.602. The van der Waals surface area contributed by atoms with Gasteiger partial charge in [0.25, 0.3) is 15.2 Å². The van der Waals surface area contributed by atoms with E-state index in [1.807, 2.05) is 0 Å². The van der Waals surface area contributed by atoms with Crippen LogP contribution in [-0.4, -0.2) is 40.7 Å². The predicted octanol–water partition coefficient (Wildman–Crippen LogP) is 0.117. The van der Waals surface area contributed by atoms with Crippen LogP contribution < -0.4 is 4.72 Å². The minimum atomic E-state index is -3.84. The lowest BCUT2D eigenvalue weighted by atomic mass is 9.96. The van der Waals surface area contributed by atoms with E-state index in [0.29, 0.717) is 0 Å². The molecular weight excluding hydrogens is 272 g/mol. The van der Waals surface area contributed by atoms with E-state index < -0.39 is 22.0 Å². The van der Waals surface area contributed by atoms with E-state index in [9.17, 15) is 13.2 Å². The molecule has 0 aromatic carbocycles. The highest BCUT2D eigenvalue weighted by molar-refractivity contribution is 7.89. The monoisotopic (exact) mass is 288 g/mol. The van der Waals surface area contributed by atoms with Crippen molar-refractivity contribution in [3.05, 3.63) is 6.33 Å². The first-order valence-electron chi connectivity index (χ1n) is 6.08. The molecule has 1 aliphatic rings. The number of nitrogens with zero attached hydrogens (tertiary/aromatic N) is 2. The molecule has 3 N–H and O–H groups in total. The van der Waals surface area contributed by atoms with Crippen LogP contribution in [-0.2, 0) is 14.8 Å². The number of nitrogens with one attached hydrogen (secondary N) is 2. The summed E-state index contributed by atoms with van der Waals surface area (Å²) < 4.78 is 26.4. The van der Waals surface area contributed by atoms with Crippen molar-refractivity contribution in [1.29, 1.82) is 0 Å². The van der Waals surface area contributed by atoms with Crippen molar-refractivity contribution < 1.29 is 18.3 Å². The molecule has 19 heavy (non-hydrogen) atoms. The fraction of sp³-hybridized carbons (Fsp3) is 0.700. The van der Waals surface area contributed by atoms with Gasteiger partial charge >= 0.3 is 5.97 Å². The highest BCUT2D eigenvalue weighted by Gasteiger charge is 2.31. The average Bonchev–Trinajstić information content (AvgIpc) is 3.01. The van der Waals surface area contributed by atoms with Crippen LogP contribution in [0.5, 0.6) is 0 Å². The summed E-state index contributed by atoms with van der Waals surface area (Å²) in [5, 5.41) is 14.4. The standard InChI is InChI=1S/C10H16N4O4S/c15-9(16)5-8(7-3-1-2-4-7)14-19(17,18)10-11-6-12-13-10/h6-8,14H,1-5H2,(H,15,16)(H,11,12,13)/t8-/m0/s1. The Morgan fingerprint density at radius 3 is 2.74 bits per heavy atom. The molecule has 0 spiro atoms. The maximum absolute atomic E-state index is 12.0. The fourth-order valence-corrected chi connectivity index (χ4v) is 3.58. The molecule has 106 valence electrons. The molecule has 1 saturated carbocycles. The summed E-state index contributed by atoms with van der Waals surface area (Å²) in [4.78, 5) is 14.5. The lowest BCUT2D eigenvalue weighted by Crippen LogP contribution is -2.41. The van der Waals surface area contributed by atoms with Crippen LogP contribution in [0.4, 0.5) is 0 Å². The number of carboxylic acid groups (broad SMARTS) is 1. The SMILES string of the molecule is O=C(O)C[C@H](NS(=O)(=O)c1ncn[nH]1)C1CCCC1. The van der Waals surface area contributed by atoms with E-state index in [1.54, 1.807) is 0 Å². The molecule has 0 bridgehead atoms. The van der Waals surface area contributed by atoms with E-state index in [2.05, 4.69) is 19.9 Å². The number of hydrogen-bond donors (Lipinski definition) is 3. The number of carboxylic acids is 1. The Morgan fingerprint density at radius 1 is 1.53 bits per heavy atom. The van der Waals surface area contributed by atoms with Crippen LogP contribution in [0.25, 0.3) is 0 Å². The second-order valence-corrected chi connectivity index (χ2v) is 6.29. The molecular formula is C10H16N4O4S. The fourth-order valence-electron chi connectivity index (χ4n) is 2.43. The first-order valence-corrected chi connectivity index (χ1v) is 7.57. The molecule has 0 radical (unpaired) electrons. The Hall–Kier alpha value is -1.48. The molecule has 0 amide bonds. The number of aliphatic carboxylic acids is 1. The quantitative estimate of drug-likeness (QED) is 0.682. The summed E-state index contributed by atoms with van der Waals surface area (Å²) in [5.74, 6) is -0.953. The number of aromatic amines is 1. The van der Waals surface area contributed by atoms with Gasteiger partial charge < -0.3 is 5.11 Å². The minimum Gasteiger partial charge on any atom is -0.481 e. The first kappa shape index (κ1) is 13.9. The molecule has 8 nitrogen and oxygen atoms in total. The number of hydrogen-bond acceptors (Lipinski definition) is 5. The molecule has 1 aliphatic carbocycles. The first-order chi connectivity index (χ1) is 8.99. The normalized spacial score (nSPS) is 18.5. The van der Waals surface area contributed by atoms with Gasteiger partial charge in [-0.2, -0.15) is 5.10 Å². The molecule has 0 aliphatic heterocycles. The third-order valence-corrected chi connectivity index (χ3v) is 4.64. The van der Waals surface area contributed by atoms with Gasteiger partial charge in [0.15, 0.2) is 0 Å². The molecule has 9 heteroatoms. The van der Waals surface area contributed by atoms with E-state index in [1.165, 1.54) is 0 Å². The van der Waals surface area contributed by atoms with Crippen LogP contribution in [0, 0.1) is 5.92 Å². The second-order valence-electron chi connectivity index (χ2n) is 4.66. The van der Waals surface area contributed by atoms with Crippen LogP contribution >= 0.6 is 0 Å². The van der Waals surface area contributed by atoms with E-state index in [0.717, 1.165) is 32.0 Å². The van der Waals surface area contributed by atoms with Gasteiger partial charge in [-0.15, -0.1) is 0 Å². The topological polar surface area (TPSA) is 125 Å². The summed E-state index contributed by atoms with van der Waals surface area (Å²) in [6.45, 7) is 0. The summed E-state index contributed by atoms with van der Waals surface area (Å²) in [5.41, 5.74) is 0. The van der Waals surface area contributed by atoms with Crippen LogP contribution in [0.3, 0.4) is 0 Å². The van der Waals surface area contributed by atoms with Crippen molar-refractivity contribution in [3.8, 4) is 0 Å². The molecule has 0 saturated heterocycles. The van der Waals surface area contributed by atoms with Crippen molar-refractivity contribution in [3.63, 3.8) is 0 Å². The molecule has 1 aromatic rings. The molecule has 2 rings (SSSR count). The van der Waals surface area contributed by atoms with Gasteiger partial charge in [-0.1, -0.05) is 12.8 Å². The van der Waals surface area contributed by atoms with E-state index >= 15 is 0 Å². The maximum Gasteiger partial charge on any atom is 0.304 e. The number of carbonyl (C=O) groups is 1. The number of H-pyrrole nitrogens is 1. The molecule has 1 atom stereocenters. The van der Waals surface area contributed by atoms with E-state index in [4.69, 9.17) is 5.11 Å². The smallest absolute Gasteiger partial charge is 0.304 e. The zero-order valence-corrected chi connectivity index (χ0v) is 11.1. The third-order valence-electron chi connectivity index (χ3n) is 3.32. The van der Waals surface area contributed by atoms with E-state index in [-0.39, 0.29) is 17.5 Å². The Kier molecular flexibility index (Phi) is 4.15. The highest BCUT2D eigenvalue weighted by atomic mass is 32.2. The molecule has 1 heterocycles. The van der Waals surface area contributed by atoms with Crippen molar-refractivity contribution in [2.45, 2.75) is 43.3 Å². The van der Waals surface area contributed by atoms with Crippen LogP contribution in [0.2, 0.25) is 0 Å². The lowest BCUT2D eigenvalue weighted by Gasteiger charge is -2.22. The van der Waals surface area contributed by atoms with Crippen molar-refractivity contribution in [2.75, 3.05) is 0 Å². The van der Waals surface area contributed by atoms with Gasteiger partial charge in [0.05, 0.1) is 6.42 Å². The van der Waals surface area contributed by atoms with Gasteiger partial charge in [-0.05, 0) is 18.8 Å². The largest absolute Gasteiger partial charge is 0.481 e. The predicted molar refractivity (Wildman–Crippen MR) is 64.7 cm³/mol. The molecule has 0 unspecified atom stereocenters. The number of rotatable bonds is 6. The third kappa shape index (κ3) is 3.51. The lowest BCUT2D eigenvalue weighted by molar-refractivity contribution is -0.137. The number of sulfonamides is 1. The summed E-state index contributed by atoms with van der Waals surface area (Å²) in [7, 11) is -3.84. The maximum atomic E-state index is 12.0. The van der Waals surface area contributed by atoms with Gasteiger partial charge in [0.1, 0.15) is 6.33 Å².